The lowest BCUT2D eigenvalue weighted by Gasteiger charge is -2.14. The van der Waals surface area contributed by atoms with Gasteiger partial charge in [-0.3, -0.25) is 0 Å². The molecule has 0 aliphatic heterocycles. The van der Waals surface area contributed by atoms with E-state index in [1.807, 2.05) is 0 Å². The Morgan fingerprint density at radius 3 is 2.38 bits per heavy atom. The number of esters is 1. The lowest BCUT2D eigenvalue weighted by Crippen LogP contribution is -2.28. The molecule has 1 atom stereocenters. The van der Waals surface area contributed by atoms with Crippen LogP contribution in [0.15, 0.2) is 42.5 Å². The van der Waals surface area contributed by atoms with Crippen molar-refractivity contribution >= 4 is 18.0 Å². The molecule has 0 aliphatic rings. The predicted octanol–water partition coefficient (Wildman–Crippen LogP) is 1.76. The number of ether oxygens (including phenoxy) is 1. The highest BCUT2D eigenvalue weighted by Crippen LogP contribution is 2.29. The highest BCUT2D eigenvalue weighted by atomic mass is 16.6. The second kappa shape index (κ2) is 7.93. The summed E-state index contributed by atoms with van der Waals surface area (Å²) in [6.45, 7) is 0. The van der Waals surface area contributed by atoms with Crippen molar-refractivity contribution < 1.29 is 39.9 Å². The molecule has 0 fully saturated rings. The Morgan fingerprint density at radius 1 is 1.00 bits per heavy atom. The third-order valence-electron chi connectivity index (χ3n) is 3.45. The maximum absolute atomic E-state index is 11.8. The summed E-state index contributed by atoms with van der Waals surface area (Å²) in [4.78, 5) is 23.1. The number of carboxylic acid groups (broad SMARTS) is 1. The predicted molar refractivity (Wildman–Crippen MR) is 89.8 cm³/mol. The molecule has 0 heterocycles. The Labute approximate surface area is 147 Å². The zero-order valence-corrected chi connectivity index (χ0v) is 13.4. The molecule has 8 nitrogen and oxygen atoms in total. The smallest absolute Gasteiger partial charge is 0.345 e. The van der Waals surface area contributed by atoms with Gasteiger partial charge in [0.05, 0.1) is 0 Å². The van der Waals surface area contributed by atoms with Crippen molar-refractivity contribution in [2.75, 3.05) is 0 Å². The molecule has 0 amide bonds. The van der Waals surface area contributed by atoms with Gasteiger partial charge in [0.15, 0.2) is 23.0 Å². The summed E-state index contributed by atoms with van der Waals surface area (Å²) in [6, 6.07) is 7.91. The Morgan fingerprint density at radius 2 is 1.73 bits per heavy atom. The molecule has 5 N–H and O–H groups in total. The molecule has 0 aromatic heterocycles. The summed E-state index contributed by atoms with van der Waals surface area (Å²) in [7, 11) is 0. The number of benzene rings is 2. The first-order chi connectivity index (χ1) is 12.3. The minimum atomic E-state index is -1.58. The number of hydrogen-bond acceptors (Lipinski definition) is 7. The molecule has 2 aromatic rings. The highest BCUT2D eigenvalue weighted by Gasteiger charge is 2.23. The zero-order valence-electron chi connectivity index (χ0n) is 13.4. The van der Waals surface area contributed by atoms with Crippen LogP contribution in [0, 0.1) is 0 Å². The van der Waals surface area contributed by atoms with Gasteiger partial charge in [0.25, 0.3) is 0 Å². The van der Waals surface area contributed by atoms with Crippen LogP contribution in [0.25, 0.3) is 6.08 Å². The van der Waals surface area contributed by atoms with E-state index in [9.17, 15) is 35.1 Å². The van der Waals surface area contributed by atoms with Crippen molar-refractivity contribution in [3.63, 3.8) is 0 Å². The highest BCUT2D eigenvalue weighted by molar-refractivity contribution is 5.89. The Kier molecular flexibility index (Phi) is 5.69. The molecule has 136 valence electrons. The summed E-state index contributed by atoms with van der Waals surface area (Å²) in [6.07, 6.45) is 0.318. The van der Waals surface area contributed by atoms with Crippen LogP contribution in [0.4, 0.5) is 0 Å². The maximum atomic E-state index is 11.8. The topological polar surface area (TPSA) is 145 Å². The van der Waals surface area contributed by atoms with Crippen LogP contribution in [0.5, 0.6) is 23.0 Å². The molecule has 0 aliphatic carbocycles. The molecule has 0 saturated heterocycles. The second-order valence-electron chi connectivity index (χ2n) is 5.33. The molecule has 0 unspecified atom stereocenters. The molecule has 2 aromatic carbocycles. The van der Waals surface area contributed by atoms with Gasteiger partial charge in [0, 0.05) is 18.1 Å². The molecule has 26 heavy (non-hydrogen) atoms. The van der Waals surface area contributed by atoms with Gasteiger partial charge in [-0.1, -0.05) is 18.2 Å². The molecule has 8 heteroatoms. The van der Waals surface area contributed by atoms with Crippen molar-refractivity contribution in [2.24, 2.45) is 0 Å². The largest absolute Gasteiger partial charge is 0.504 e. The van der Waals surface area contributed by atoms with Crippen molar-refractivity contribution in [2.45, 2.75) is 12.5 Å². The van der Waals surface area contributed by atoms with Crippen molar-refractivity contribution in [1.82, 2.24) is 0 Å². The van der Waals surface area contributed by atoms with Gasteiger partial charge in [-0.05, 0) is 29.8 Å². The lowest BCUT2D eigenvalue weighted by atomic mass is 10.1. The first-order valence-electron chi connectivity index (χ1n) is 7.41. The maximum Gasteiger partial charge on any atom is 0.345 e. The SMILES string of the molecule is O=C(C=Cc1ccc(O)c(O)c1)O[C@@H](Cc1cccc(O)c1O)C(=O)O. The van der Waals surface area contributed by atoms with Crippen LogP contribution >= 0.6 is 0 Å². The summed E-state index contributed by atoms with van der Waals surface area (Å²) in [5, 5.41) is 46.9. The number of phenols is 4. The Bertz CT molecular complexity index is 856. The van der Waals surface area contributed by atoms with E-state index in [4.69, 9.17) is 4.74 Å². The minimum Gasteiger partial charge on any atom is -0.504 e. The van der Waals surface area contributed by atoms with E-state index in [2.05, 4.69) is 0 Å². The minimum absolute atomic E-state index is 0.109. The summed E-state index contributed by atoms with van der Waals surface area (Å²) in [5.74, 6) is -3.96. The van der Waals surface area contributed by atoms with E-state index in [0.29, 0.717) is 5.56 Å². The summed E-state index contributed by atoms with van der Waals surface area (Å²) in [5.41, 5.74) is 0.493. The van der Waals surface area contributed by atoms with Gasteiger partial charge in [-0.15, -0.1) is 0 Å². The molecular weight excluding hydrogens is 344 g/mol. The van der Waals surface area contributed by atoms with Gasteiger partial charge >= 0.3 is 11.9 Å². The number of carbonyl (C=O) groups excluding carboxylic acids is 1. The molecule has 0 saturated carbocycles. The number of para-hydroxylation sites is 1. The number of carbonyl (C=O) groups is 2. The summed E-state index contributed by atoms with van der Waals surface area (Å²) < 4.78 is 4.86. The number of phenolic OH excluding ortho intramolecular Hbond substituents is 4. The fraction of sp³-hybridized carbons (Fsp3) is 0.111. The third kappa shape index (κ3) is 4.67. The zero-order chi connectivity index (χ0) is 19.3. The average molecular weight is 360 g/mol. The van der Waals surface area contributed by atoms with E-state index < -0.39 is 29.5 Å². The normalized spacial score (nSPS) is 12.0. The number of hydrogen-bond donors (Lipinski definition) is 5. The van der Waals surface area contributed by atoms with E-state index in [-0.39, 0.29) is 23.5 Å². The van der Waals surface area contributed by atoms with Gasteiger partial charge < -0.3 is 30.3 Å². The standard InChI is InChI=1S/C18H16O8/c19-12-6-4-10(8-14(12)21)5-7-16(22)26-15(18(24)25)9-11-2-1-3-13(20)17(11)23/h1-8,15,19-21,23H,9H2,(H,24,25)/t15-/m0/s1. The number of aromatic hydroxyl groups is 4. The Balaban J connectivity index is 2.08. The van der Waals surface area contributed by atoms with Crippen LogP contribution in [0.3, 0.4) is 0 Å². The van der Waals surface area contributed by atoms with Gasteiger partial charge in [-0.2, -0.15) is 0 Å². The second-order valence-corrected chi connectivity index (χ2v) is 5.33. The Hall–Kier alpha value is -3.68. The van der Waals surface area contributed by atoms with Crippen LogP contribution < -0.4 is 0 Å². The van der Waals surface area contributed by atoms with Crippen molar-refractivity contribution in [3.05, 3.63) is 53.6 Å². The van der Waals surface area contributed by atoms with Crippen molar-refractivity contribution in [1.29, 1.82) is 0 Å². The van der Waals surface area contributed by atoms with E-state index in [0.717, 1.165) is 6.08 Å². The molecule has 2 rings (SSSR count). The third-order valence-corrected chi connectivity index (χ3v) is 3.45. The van der Waals surface area contributed by atoms with E-state index in [1.54, 1.807) is 0 Å². The molecule has 0 spiro atoms. The quantitative estimate of drug-likeness (QED) is 0.298. The van der Waals surface area contributed by atoms with Gasteiger partial charge in [0.2, 0.25) is 6.10 Å². The lowest BCUT2D eigenvalue weighted by molar-refractivity contribution is -0.160. The van der Waals surface area contributed by atoms with Gasteiger partial charge in [-0.25, -0.2) is 9.59 Å². The van der Waals surface area contributed by atoms with E-state index >= 15 is 0 Å². The van der Waals surface area contributed by atoms with Crippen LogP contribution in [-0.4, -0.2) is 43.6 Å². The number of aliphatic carboxylic acids is 1. The summed E-state index contributed by atoms with van der Waals surface area (Å²) >= 11 is 0. The molecule has 0 bridgehead atoms. The van der Waals surface area contributed by atoms with Crippen molar-refractivity contribution in [3.8, 4) is 23.0 Å². The van der Waals surface area contributed by atoms with E-state index in [1.165, 1.54) is 42.5 Å². The molecular formula is C18H16O8. The fourth-order valence-corrected chi connectivity index (χ4v) is 2.11. The van der Waals surface area contributed by atoms with Gasteiger partial charge in [0.1, 0.15) is 0 Å². The van der Waals surface area contributed by atoms with Crippen LogP contribution in [0.1, 0.15) is 11.1 Å². The monoisotopic (exact) mass is 360 g/mol. The first-order valence-corrected chi connectivity index (χ1v) is 7.41. The number of carboxylic acids is 1. The fourth-order valence-electron chi connectivity index (χ4n) is 2.11. The first kappa shape index (κ1) is 18.7. The average Bonchev–Trinajstić information content (AvgIpc) is 2.59. The number of rotatable bonds is 6. The molecule has 0 radical (unpaired) electrons. The van der Waals surface area contributed by atoms with Crippen LogP contribution in [0.2, 0.25) is 0 Å². The van der Waals surface area contributed by atoms with Crippen LogP contribution in [-0.2, 0) is 20.7 Å².